The summed E-state index contributed by atoms with van der Waals surface area (Å²) < 4.78 is 0. The SMILES string of the molecule is Clc1cc(-c2ccncc2)c(-c2cccc3ccccc23)nn1. The maximum atomic E-state index is 6.08. The standard InChI is InChI=1S/C19H12ClN3/c20-18-12-17(14-8-10-21-11-9-14)19(23-22-18)16-7-3-5-13-4-1-2-6-15(13)16/h1-12H. The van der Waals surface area contributed by atoms with Gasteiger partial charge in [0.1, 0.15) is 5.69 Å². The molecule has 2 aromatic carbocycles. The van der Waals surface area contributed by atoms with E-state index in [1.165, 1.54) is 5.39 Å². The summed E-state index contributed by atoms with van der Waals surface area (Å²) in [5.74, 6) is 0. The summed E-state index contributed by atoms with van der Waals surface area (Å²) in [6.07, 6.45) is 3.52. The Morgan fingerprint density at radius 3 is 2.39 bits per heavy atom. The second kappa shape index (κ2) is 5.78. The molecule has 0 saturated heterocycles. The van der Waals surface area contributed by atoms with Crippen molar-refractivity contribution in [1.29, 1.82) is 0 Å². The Bertz CT molecular complexity index is 979. The van der Waals surface area contributed by atoms with Gasteiger partial charge in [0.15, 0.2) is 5.15 Å². The molecule has 0 radical (unpaired) electrons. The number of hydrogen-bond donors (Lipinski definition) is 0. The highest BCUT2D eigenvalue weighted by atomic mass is 35.5. The topological polar surface area (TPSA) is 38.7 Å². The van der Waals surface area contributed by atoms with E-state index in [2.05, 4.69) is 39.4 Å². The van der Waals surface area contributed by atoms with Crippen molar-refractivity contribution in [2.24, 2.45) is 0 Å². The molecule has 3 nitrogen and oxygen atoms in total. The Morgan fingerprint density at radius 1 is 0.739 bits per heavy atom. The first-order valence-corrected chi connectivity index (χ1v) is 7.62. The molecular formula is C19H12ClN3. The van der Waals surface area contributed by atoms with Crippen LogP contribution in [-0.4, -0.2) is 15.2 Å². The van der Waals surface area contributed by atoms with Crippen molar-refractivity contribution >= 4 is 22.4 Å². The van der Waals surface area contributed by atoms with Gasteiger partial charge in [-0.25, -0.2) is 0 Å². The minimum Gasteiger partial charge on any atom is -0.265 e. The number of nitrogens with zero attached hydrogens (tertiary/aromatic N) is 3. The highest BCUT2D eigenvalue weighted by molar-refractivity contribution is 6.29. The number of hydrogen-bond acceptors (Lipinski definition) is 3. The van der Waals surface area contributed by atoms with Crippen LogP contribution in [0.2, 0.25) is 5.15 Å². The molecule has 110 valence electrons. The maximum absolute atomic E-state index is 6.08. The number of pyridine rings is 1. The van der Waals surface area contributed by atoms with E-state index in [1.807, 2.05) is 36.4 Å². The molecule has 4 rings (SSSR count). The first kappa shape index (κ1) is 13.9. The Balaban J connectivity index is 2.02. The van der Waals surface area contributed by atoms with Crippen LogP contribution in [0.4, 0.5) is 0 Å². The van der Waals surface area contributed by atoms with Crippen LogP contribution in [0.15, 0.2) is 73.1 Å². The van der Waals surface area contributed by atoms with E-state index < -0.39 is 0 Å². The van der Waals surface area contributed by atoms with Gasteiger partial charge in [0.25, 0.3) is 0 Å². The molecule has 0 aliphatic carbocycles. The average molecular weight is 318 g/mol. The van der Waals surface area contributed by atoms with Crippen LogP contribution in [0.5, 0.6) is 0 Å². The van der Waals surface area contributed by atoms with Crippen molar-refractivity contribution in [3.8, 4) is 22.4 Å². The predicted molar refractivity (Wildman–Crippen MR) is 93.2 cm³/mol. The van der Waals surface area contributed by atoms with E-state index in [9.17, 15) is 0 Å². The lowest BCUT2D eigenvalue weighted by atomic mass is 9.96. The van der Waals surface area contributed by atoms with Crippen molar-refractivity contribution in [2.45, 2.75) is 0 Å². The molecule has 4 heteroatoms. The summed E-state index contributed by atoms with van der Waals surface area (Å²) >= 11 is 6.08. The fraction of sp³-hybridized carbons (Fsp3) is 0. The van der Waals surface area contributed by atoms with Crippen LogP contribution in [-0.2, 0) is 0 Å². The fourth-order valence-electron chi connectivity index (χ4n) is 2.75. The molecule has 0 unspecified atom stereocenters. The van der Waals surface area contributed by atoms with Crippen molar-refractivity contribution < 1.29 is 0 Å². The molecule has 4 aromatic rings. The molecule has 0 bridgehead atoms. The Labute approximate surface area is 138 Å². The molecule has 0 saturated carbocycles. The minimum atomic E-state index is 0.376. The van der Waals surface area contributed by atoms with Gasteiger partial charge in [-0.05, 0) is 34.5 Å². The lowest BCUT2D eigenvalue weighted by Gasteiger charge is -2.11. The third kappa shape index (κ3) is 2.56. The third-order valence-electron chi connectivity index (χ3n) is 3.80. The van der Waals surface area contributed by atoms with Crippen molar-refractivity contribution in [2.75, 3.05) is 0 Å². The third-order valence-corrected chi connectivity index (χ3v) is 3.98. The first-order chi connectivity index (χ1) is 11.3. The summed E-state index contributed by atoms with van der Waals surface area (Å²) in [5.41, 5.74) is 3.82. The van der Waals surface area contributed by atoms with E-state index >= 15 is 0 Å². The zero-order chi connectivity index (χ0) is 15.6. The second-order valence-electron chi connectivity index (χ2n) is 5.19. The first-order valence-electron chi connectivity index (χ1n) is 7.25. The van der Waals surface area contributed by atoms with Crippen LogP contribution in [0.25, 0.3) is 33.2 Å². The van der Waals surface area contributed by atoms with E-state index in [4.69, 9.17) is 11.6 Å². The number of rotatable bonds is 2. The van der Waals surface area contributed by atoms with E-state index in [0.717, 1.165) is 27.8 Å². The molecular weight excluding hydrogens is 306 g/mol. The monoisotopic (exact) mass is 317 g/mol. The molecule has 0 fully saturated rings. The van der Waals surface area contributed by atoms with E-state index in [1.54, 1.807) is 12.4 Å². The normalized spacial score (nSPS) is 10.8. The summed E-state index contributed by atoms with van der Waals surface area (Å²) in [7, 11) is 0. The zero-order valence-electron chi connectivity index (χ0n) is 12.1. The van der Waals surface area contributed by atoms with Gasteiger partial charge < -0.3 is 0 Å². The van der Waals surface area contributed by atoms with Gasteiger partial charge in [0.2, 0.25) is 0 Å². The van der Waals surface area contributed by atoms with E-state index in [0.29, 0.717) is 5.15 Å². The van der Waals surface area contributed by atoms with Crippen LogP contribution >= 0.6 is 11.6 Å². The largest absolute Gasteiger partial charge is 0.265 e. The van der Waals surface area contributed by atoms with Gasteiger partial charge in [-0.1, -0.05) is 54.1 Å². The molecule has 0 spiro atoms. The van der Waals surface area contributed by atoms with Crippen molar-refractivity contribution in [3.63, 3.8) is 0 Å². The summed E-state index contributed by atoms with van der Waals surface area (Å²) in [5, 5.41) is 11.1. The number of aromatic nitrogens is 3. The molecule has 0 aliphatic heterocycles. The van der Waals surface area contributed by atoms with Crippen molar-refractivity contribution in [1.82, 2.24) is 15.2 Å². The van der Waals surface area contributed by atoms with Crippen LogP contribution in [0.3, 0.4) is 0 Å². The van der Waals surface area contributed by atoms with Gasteiger partial charge >= 0.3 is 0 Å². The van der Waals surface area contributed by atoms with Crippen LogP contribution in [0, 0.1) is 0 Å². The van der Waals surface area contributed by atoms with Crippen LogP contribution in [0.1, 0.15) is 0 Å². The van der Waals surface area contributed by atoms with Crippen molar-refractivity contribution in [3.05, 3.63) is 78.2 Å². The summed E-state index contributed by atoms with van der Waals surface area (Å²) in [6.45, 7) is 0. The number of benzene rings is 2. The lowest BCUT2D eigenvalue weighted by Crippen LogP contribution is -1.94. The van der Waals surface area contributed by atoms with Gasteiger partial charge in [0, 0.05) is 23.5 Å². The van der Waals surface area contributed by atoms with Gasteiger partial charge in [-0.3, -0.25) is 4.98 Å². The molecule has 2 aromatic heterocycles. The molecule has 0 atom stereocenters. The zero-order valence-corrected chi connectivity index (χ0v) is 12.9. The Hall–Kier alpha value is -2.78. The quantitative estimate of drug-likeness (QED) is 0.521. The summed E-state index contributed by atoms with van der Waals surface area (Å²) in [4.78, 5) is 4.08. The minimum absolute atomic E-state index is 0.376. The van der Waals surface area contributed by atoms with Crippen LogP contribution < -0.4 is 0 Å². The summed E-state index contributed by atoms with van der Waals surface area (Å²) in [6, 6.07) is 20.2. The van der Waals surface area contributed by atoms with E-state index in [-0.39, 0.29) is 0 Å². The highest BCUT2D eigenvalue weighted by Gasteiger charge is 2.13. The fourth-order valence-corrected chi connectivity index (χ4v) is 2.90. The smallest absolute Gasteiger partial charge is 0.152 e. The Morgan fingerprint density at radius 2 is 1.52 bits per heavy atom. The predicted octanol–water partition coefficient (Wildman–Crippen LogP) is 5.01. The van der Waals surface area contributed by atoms with Gasteiger partial charge in [0.05, 0.1) is 0 Å². The van der Waals surface area contributed by atoms with Gasteiger partial charge in [-0.15, -0.1) is 10.2 Å². The maximum Gasteiger partial charge on any atom is 0.152 e. The molecule has 0 amide bonds. The van der Waals surface area contributed by atoms with Gasteiger partial charge in [-0.2, -0.15) is 0 Å². The molecule has 0 aliphatic rings. The highest BCUT2D eigenvalue weighted by Crippen LogP contribution is 2.34. The average Bonchev–Trinajstić information content (AvgIpc) is 2.62. The number of fused-ring (bicyclic) bond motifs is 1. The number of halogens is 1. The Kier molecular flexibility index (Phi) is 3.48. The molecule has 0 N–H and O–H groups in total. The molecule has 23 heavy (non-hydrogen) atoms. The second-order valence-corrected chi connectivity index (χ2v) is 5.58. The molecule has 2 heterocycles. The lowest BCUT2D eigenvalue weighted by molar-refractivity contribution is 1.04.